The van der Waals surface area contributed by atoms with Gasteiger partial charge < -0.3 is 9.47 Å². The molecule has 0 atom stereocenters. The highest BCUT2D eigenvalue weighted by Crippen LogP contribution is 2.43. The van der Waals surface area contributed by atoms with Crippen molar-refractivity contribution >= 4 is 43.1 Å². The molecule has 5 aromatic rings. The van der Waals surface area contributed by atoms with Crippen LogP contribution >= 0.6 is 0 Å². The number of rotatable bonds is 0. The fourth-order valence-electron chi connectivity index (χ4n) is 6.28. The van der Waals surface area contributed by atoms with Gasteiger partial charge in [0.2, 0.25) is 6.79 Å². The third kappa shape index (κ3) is 2.18. The average Bonchev–Trinajstić information content (AvgIpc) is 3.54. The smallest absolute Gasteiger partial charge is 0.231 e. The number of hydrogen-bond donors (Lipinski definition) is 0. The predicted molar refractivity (Wildman–Crippen MR) is 127 cm³/mol. The van der Waals surface area contributed by atoms with Crippen LogP contribution < -0.4 is 9.47 Å². The molecule has 8 rings (SSSR count). The predicted octanol–water partition coefficient (Wildman–Crippen LogP) is 7.01. The highest BCUT2D eigenvalue weighted by molar-refractivity contribution is 6.27. The maximum Gasteiger partial charge on any atom is 0.231 e. The van der Waals surface area contributed by atoms with Crippen LogP contribution in [-0.2, 0) is 25.7 Å². The minimum atomic E-state index is 0.315. The van der Waals surface area contributed by atoms with E-state index in [-0.39, 0.29) is 0 Å². The van der Waals surface area contributed by atoms with E-state index in [0.29, 0.717) is 6.79 Å². The van der Waals surface area contributed by atoms with Gasteiger partial charge in [-0.1, -0.05) is 24.3 Å². The third-order valence-electron chi connectivity index (χ3n) is 7.80. The first kappa shape index (κ1) is 16.4. The topological polar surface area (TPSA) is 18.5 Å². The largest absolute Gasteiger partial charge is 0.454 e. The van der Waals surface area contributed by atoms with E-state index in [4.69, 9.17) is 9.47 Å². The summed E-state index contributed by atoms with van der Waals surface area (Å²) in [5.41, 5.74) is 6.19. The summed E-state index contributed by atoms with van der Waals surface area (Å²) in [5.74, 6) is 1.71. The minimum absolute atomic E-state index is 0.315. The Morgan fingerprint density at radius 2 is 0.774 bits per heavy atom. The van der Waals surface area contributed by atoms with E-state index >= 15 is 0 Å². The van der Waals surface area contributed by atoms with Gasteiger partial charge in [-0.3, -0.25) is 0 Å². The molecule has 0 N–H and O–H groups in total. The fraction of sp³-hybridized carbons (Fsp3) is 0.241. The van der Waals surface area contributed by atoms with Crippen LogP contribution in [0.15, 0.2) is 48.5 Å². The fourth-order valence-corrected chi connectivity index (χ4v) is 6.28. The Bertz CT molecular complexity index is 1490. The van der Waals surface area contributed by atoms with Crippen molar-refractivity contribution in [2.24, 2.45) is 0 Å². The van der Waals surface area contributed by atoms with Gasteiger partial charge in [0.05, 0.1) is 0 Å². The van der Waals surface area contributed by atoms with Crippen LogP contribution in [-0.4, -0.2) is 6.79 Å². The van der Waals surface area contributed by atoms with Crippen LogP contribution in [0.2, 0.25) is 0 Å². The Kier molecular flexibility index (Phi) is 3.02. The first-order valence-corrected chi connectivity index (χ1v) is 11.5. The zero-order valence-electron chi connectivity index (χ0n) is 17.4. The van der Waals surface area contributed by atoms with Gasteiger partial charge in [0.25, 0.3) is 0 Å². The lowest BCUT2D eigenvalue weighted by atomic mass is 9.88. The average molecular weight is 402 g/mol. The molecule has 0 saturated carbocycles. The second kappa shape index (κ2) is 5.70. The van der Waals surface area contributed by atoms with Crippen molar-refractivity contribution in [2.75, 3.05) is 6.79 Å². The standard InChI is InChI=1S/C29H22O2/c1-3-16-7-22-23-8-17-4-2-6-19(17)10-25(23)27-12-21-14-29-28(30-15-31-29)13-20(21)11-26(27)24(22)9-18(16)5-1/h7-14H,1-6,15H2. The molecule has 0 amide bonds. The van der Waals surface area contributed by atoms with E-state index in [1.54, 1.807) is 22.3 Å². The molecule has 2 heteroatoms. The third-order valence-corrected chi connectivity index (χ3v) is 7.80. The first-order chi connectivity index (χ1) is 15.3. The summed E-state index contributed by atoms with van der Waals surface area (Å²) in [7, 11) is 0. The minimum Gasteiger partial charge on any atom is -0.454 e. The Labute approximate surface area is 180 Å². The van der Waals surface area contributed by atoms with E-state index in [9.17, 15) is 0 Å². The molecule has 3 aliphatic rings. The van der Waals surface area contributed by atoms with Gasteiger partial charge in [-0.05, 0) is 128 Å². The molecule has 150 valence electrons. The van der Waals surface area contributed by atoms with Crippen LogP contribution in [0.5, 0.6) is 11.5 Å². The Hall–Kier alpha value is -3.26. The van der Waals surface area contributed by atoms with Crippen molar-refractivity contribution in [1.29, 1.82) is 0 Å². The number of benzene rings is 5. The van der Waals surface area contributed by atoms with Gasteiger partial charge in [0.15, 0.2) is 11.5 Å². The van der Waals surface area contributed by atoms with Crippen molar-refractivity contribution in [2.45, 2.75) is 38.5 Å². The molecular weight excluding hydrogens is 380 g/mol. The Balaban J connectivity index is 1.59. The van der Waals surface area contributed by atoms with E-state index < -0.39 is 0 Å². The van der Waals surface area contributed by atoms with Crippen LogP contribution in [0.3, 0.4) is 0 Å². The van der Waals surface area contributed by atoms with Gasteiger partial charge in [0, 0.05) is 0 Å². The lowest BCUT2D eigenvalue weighted by Crippen LogP contribution is -1.92. The zero-order chi connectivity index (χ0) is 20.1. The van der Waals surface area contributed by atoms with E-state index in [1.165, 1.54) is 81.6 Å². The van der Waals surface area contributed by atoms with Gasteiger partial charge in [-0.25, -0.2) is 0 Å². The summed E-state index contributed by atoms with van der Waals surface area (Å²) in [4.78, 5) is 0. The van der Waals surface area contributed by atoms with Gasteiger partial charge >= 0.3 is 0 Å². The molecule has 0 unspecified atom stereocenters. The highest BCUT2D eigenvalue weighted by atomic mass is 16.7. The SMILES string of the molecule is c1c2c(cc3cc4c5cc6c(cc5c5cc7c(cc5c4cc13)CCC7)CCC6)OCO2. The number of aryl methyl sites for hydroxylation is 4. The van der Waals surface area contributed by atoms with Crippen molar-refractivity contribution in [3.63, 3.8) is 0 Å². The maximum absolute atomic E-state index is 5.67. The van der Waals surface area contributed by atoms with E-state index in [2.05, 4.69) is 48.5 Å². The van der Waals surface area contributed by atoms with Crippen LogP contribution in [0.1, 0.15) is 35.1 Å². The lowest BCUT2D eigenvalue weighted by molar-refractivity contribution is 0.174. The summed E-state index contributed by atoms with van der Waals surface area (Å²) in [6.45, 7) is 0.315. The molecule has 0 radical (unpaired) electrons. The Morgan fingerprint density at radius 1 is 0.419 bits per heavy atom. The van der Waals surface area contributed by atoms with E-state index in [0.717, 1.165) is 11.5 Å². The summed E-state index contributed by atoms with van der Waals surface area (Å²) < 4.78 is 11.3. The summed E-state index contributed by atoms with van der Waals surface area (Å²) >= 11 is 0. The molecule has 1 heterocycles. The molecule has 0 bridgehead atoms. The number of ether oxygens (including phenoxy) is 2. The summed E-state index contributed by atoms with van der Waals surface area (Å²) in [6.07, 6.45) is 7.42. The molecule has 1 aliphatic heterocycles. The molecule has 0 spiro atoms. The van der Waals surface area contributed by atoms with Crippen LogP contribution in [0.4, 0.5) is 0 Å². The second-order valence-corrected chi connectivity index (χ2v) is 9.49. The molecule has 5 aromatic carbocycles. The molecule has 0 fully saturated rings. The van der Waals surface area contributed by atoms with Gasteiger partial charge in [-0.2, -0.15) is 0 Å². The molecule has 2 aliphatic carbocycles. The summed E-state index contributed by atoms with van der Waals surface area (Å²) in [6, 6.07) is 19.0. The van der Waals surface area contributed by atoms with Crippen LogP contribution in [0.25, 0.3) is 43.1 Å². The highest BCUT2D eigenvalue weighted by Gasteiger charge is 2.20. The number of fused-ring (bicyclic) bond motifs is 10. The molecule has 0 saturated heterocycles. The Morgan fingerprint density at radius 3 is 1.16 bits per heavy atom. The maximum atomic E-state index is 5.67. The molecule has 2 nitrogen and oxygen atoms in total. The van der Waals surface area contributed by atoms with E-state index in [1.807, 2.05) is 0 Å². The zero-order valence-corrected chi connectivity index (χ0v) is 17.4. The normalized spacial score (nSPS) is 16.6. The van der Waals surface area contributed by atoms with Crippen LogP contribution in [0, 0.1) is 0 Å². The van der Waals surface area contributed by atoms with Crippen molar-refractivity contribution in [3.8, 4) is 11.5 Å². The van der Waals surface area contributed by atoms with Gasteiger partial charge in [0.1, 0.15) is 0 Å². The van der Waals surface area contributed by atoms with Crippen molar-refractivity contribution in [3.05, 3.63) is 70.8 Å². The van der Waals surface area contributed by atoms with Crippen molar-refractivity contribution in [1.82, 2.24) is 0 Å². The molecular formula is C29H22O2. The number of hydrogen-bond acceptors (Lipinski definition) is 2. The van der Waals surface area contributed by atoms with Crippen molar-refractivity contribution < 1.29 is 9.47 Å². The lowest BCUT2D eigenvalue weighted by Gasteiger charge is -2.15. The quantitative estimate of drug-likeness (QED) is 0.205. The monoisotopic (exact) mass is 402 g/mol. The molecule has 31 heavy (non-hydrogen) atoms. The first-order valence-electron chi connectivity index (χ1n) is 11.5. The second-order valence-electron chi connectivity index (χ2n) is 9.49. The molecule has 0 aromatic heterocycles. The van der Waals surface area contributed by atoms with Gasteiger partial charge in [-0.15, -0.1) is 0 Å². The summed E-state index contributed by atoms with van der Waals surface area (Å²) in [5, 5.41) is 10.8.